The van der Waals surface area contributed by atoms with Gasteiger partial charge in [0, 0.05) is 48.9 Å². The van der Waals surface area contributed by atoms with Crippen LogP contribution in [0, 0.1) is 37.7 Å². The van der Waals surface area contributed by atoms with Crippen LogP contribution in [0.3, 0.4) is 0 Å². The molecule has 1 aliphatic carbocycles. The number of fused-ring (bicyclic) bond motifs is 4. The number of ketones is 1. The van der Waals surface area contributed by atoms with Crippen LogP contribution in [0.4, 0.5) is 0 Å². The van der Waals surface area contributed by atoms with Gasteiger partial charge in [-0.1, -0.05) is 142 Å². The molecule has 1 saturated carbocycles. The number of carbonyl (C=O) groups is 1. The summed E-state index contributed by atoms with van der Waals surface area (Å²) in [5.41, 5.74) is 8.74. The maximum absolute atomic E-state index is 12.5. The molecule has 0 N–H and O–H groups in total. The number of nitrogens with zero attached hydrogens (tertiary/aromatic N) is 2. The first-order chi connectivity index (χ1) is 25.8. The predicted octanol–water partition coefficient (Wildman–Crippen LogP) is 14.7. The van der Waals surface area contributed by atoms with E-state index in [0.717, 1.165) is 82.1 Å². The molecular weight excluding hydrogens is 853 g/mol. The first-order valence-electron chi connectivity index (χ1n) is 21.0. The molecule has 6 rings (SSSR count). The van der Waals surface area contributed by atoms with Gasteiger partial charge in [-0.25, -0.2) is 0 Å². The molecule has 1 aliphatic rings. The maximum Gasteiger partial charge on any atom is 0.157 e. The Hall–Kier alpha value is -3.27. The Kier molecular flexibility index (Phi) is 15.9. The van der Waals surface area contributed by atoms with Crippen LogP contribution in [-0.4, -0.2) is 16.8 Å². The van der Waals surface area contributed by atoms with Gasteiger partial charge in [-0.05, 0) is 73.3 Å². The number of rotatable bonds is 12. The largest absolute Gasteiger partial charge is 0.685 e. The van der Waals surface area contributed by atoms with Crippen LogP contribution >= 0.6 is 0 Å². The van der Waals surface area contributed by atoms with Gasteiger partial charge in [0.05, 0.1) is 5.52 Å². The molecule has 0 spiro atoms. The molecule has 0 aliphatic heterocycles. The number of hydrogen-bond acceptors (Lipinski definition) is 3. The second-order valence-corrected chi connectivity index (χ2v) is 17.3. The molecule has 1 radical (unpaired) electrons. The Morgan fingerprint density at radius 3 is 2.18 bits per heavy atom. The first kappa shape index (κ1) is 44.4. The summed E-state index contributed by atoms with van der Waals surface area (Å²) in [7, 11) is 0. The van der Waals surface area contributed by atoms with Crippen molar-refractivity contribution < 1.29 is 29.3 Å². The van der Waals surface area contributed by atoms with E-state index in [9.17, 15) is 4.79 Å². The normalized spacial score (nSPS) is 14.2. The average Bonchev–Trinajstić information content (AvgIpc) is 3.54. The van der Waals surface area contributed by atoms with Crippen LogP contribution in [-0.2, 0) is 36.7 Å². The Labute approximate surface area is 346 Å². The monoisotopic (exact) mass is 919 g/mol. The van der Waals surface area contributed by atoms with Crippen molar-refractivity contribution in [1.29, 1.82) is 0 Å². The Morgan fingerprint density at radius 2 is 1.56 bits per heavy atom. The van der Waals surface area contributed by atoms with Crippen LogP contribution in [0.25, 0.3) is 49.2 Å². The number of allylic oxidation sites excluding steroid dienone is 2. The molecule has 3 aromatic carbocycles. The first-order valence-corrected chi connectivity index (χ1v) is 21.0. The topological polar surface area (TPSA) is 57.2 Å². The molecular formula is C50H66IrN2O2-2. The predicted molar refractivity (Wildman–Crippen MR) is 231 cm³/mol. The number of aromatic nitrogens is 1. The molecule has 55 heavy (non-hydrogen) atoms. The number of furan rings is 1. The zero-order valence-electron chi connectivity index (χ0n) is 35.6. The third kappa shape index (κ3) is 10.8. The molecule has 2 heterocycles. The summed E-state index contributed by atoms with van der Waals surface area (Å²) < 4.78 is 6.51. The third-order valence-corrected chi connectivity index (χ3v) is 11.4. The zero-order valence-corrected chi connectivity index (χ0v) is 38.0. The van der Waals surface area contributed by atoms with Crippen LogP contribution in [0.1, 0.15) is 143 Å². The van der Waals surface area contributed by atoms with E-state index in [4.69, 9.17) is 14.7 Å². The number of benzene rings is 3. The number of pyridine rings is 1. The van der Waals surface area contributed by atoms with E-state index in [0.29, 0.717) is 23.7 Å². The van der Waals surface area contributed by atoms with Gasteiger partial charge >= 0.3 is 0 Å². The van der Waals surface area contributed by atoms with Crippen molar-refractivity contribution in [2.45, 2.75) is 152 Å². The van der Waals surface area contributed by atoms with Gasteiger partial charge in [-0.15, -0.1) is 35.2 Å². The van der Waals surface area contributed by atoms with Crippen molar-refractivity contribution in [1.82, 2.24) is 4.98 Å². The Balaban J connectivity index is 0.000000267. The molecule has 5 heteroatoms. The summed E-state index contributed by atoms with van der Waals surface area (Å²) in [4.78, 5) is 17.7. The fourth-order valence-corrected chi connectivity index (χ4v) is 8.34. The maximum atomic E-state index is 12.5. The van der Waals surface area contributed by atoms with Gasteiger partial charge in [0.2, 0.25) is 0 Å². The van der Waals surface area contributed by atoms with Crippen LogP contribution in [0.2, 0.25) is 0 Å². The van der Waals surface area contributed by atoms with Crippen molar-refractivity contribution in [2.24, 2.45) is 17.8 Å². The minimum absolute atomic E-state index is 0. The second-order valence-electron chi connectivity index (χ2n) is 17.3. The fourth-order valence-electron chi connectivity index (χ4n) is 8.34. The van der Waals surface area contributed by atoms with E-state index in [1.165, 1.54) is 54.2 Å². The molecule has 2 aromatic heterocycles. The summed E-state index contributed by atoms with van der Waals surface area (Å²) >= 11 is 0. The Morgan fingerprint density at radius 1 is 0.909 bits per heavy atom. The van der Waals surface area contributed by atoms with E-state index in [2.05, 4.69) is 131 Å². The number of hydrogen-bond donors (Lipinski definition) is 0. The third-order valence-electron chi connectivity index (χ3n) is 11.4. The van der Waals surface area contributed by atoms with Gasteiger partial charge in [0.25, 0.3) is 0 Å². The van der Waals surface area contributed by atoms with E-state index in [1.54, 1.807) is 0 Å². The smallest absolute Gasteiger partial charge is 0.157 e. The number of carbonyl (C=O) groups excluding carboxylic acids is 1. The van der Waals surface area contributed by atoms with Crippen molar-refractivity contribution in [3.05, 3.63) is 94.1 Å². The van der Waals surface area contributed by atoms with E-state index in [-0.39, 0.29) is 31.4 Å². The number of aryl methyl sites for hydroxylation is 2. The van der Waals surface area contributed by atoms with Gasteiger partial charge in [-0.3, -0.25) is 9.78 Å². The zero-order chi connectivity index (χ0) is 39.2. The van der Waals surface area contributed by atoms with Gasteiger partial charge in [0.15, 0.2) is 5.78 Å². The molecule has 0 amide bonds. The second kappa shape index (κ2) is 19.7. The van der Waals surface area contributed by atoms with Crippen molar-refractivity contribution in [2.75, 3.05) is 0 Å². The van der Waals surface area contributed by atoms with Crippen molar-refractivity contribution >= 4 is 38.4 Å². The summed E-state index contributed by atoms with van der Waals surface area (Å²) in [6, 6.07) is 21.6. The molecule has 0 bridgehead atoms. The van der Waals surface area contributed by atoms with E-state index >= 15 is 0 Å². The summed E-state index contributed by atoms with van der Waals surface area (Å²) in [5, 5.41) is 9.59. The van der Waals surface area contributed by atoms with Crippen molar-refractivity contribution in [3.63, 3.8) is 0 Å². The molecule has 5 aromatic rings. The fraction of sp³-hybridized carbons (Fsp3) is 0.520. The molecule has 299 valence electrons. The molecule has 0 atom stereocenters. The van der Waals surface area contributed by atoms with Crippen LogP contribution in [0.5, 0.6) is 0 Å². The van der Waals surface area contributed by atoms with Gasteiger partial charge < -0.3 is 9.73 Å². The average molecular weight is 919 g/mol. The standard InChI is InChI=1S/C31H32NO.C19H35NO.Ir/c1-18(2)12-23-17-25-29(32-27-14-19(3)13-20(4)28(27)30(25)33-23)22-15-21-10-8-9-11-24(21)26(16-22)31(5,6)7;1-5-15(6-2)18(14-19(21)16(7-3)8-4)20-17-12-10-9-11-13-17;/h8-11,13-14,16-18H,12H2,1-7H3;14-17H,5-13H2,1-4H3,(H,20,21);/q-1;;/p-1. The molecule has 0 unspecified atom stereocenters. The molecule has 1 fully saturated rings. The van der Waals surface area contributed by atoms with Gasteiger partial charge in [0.1, 0.15) is 11.3 Å². The summed E-state index contributed by atoms with van der Waals surface area (Å²) in [5.74, 6) is 2.46. The summed E-state index contributed by atoms with van der Waals surface area (Å²) in [6.45, 7) is 24.2. The summed E-state index contributed by atoms with van der Waals surface area (Å²) in [6.07, 6.45) is 13.2. The van der Waals surface area contributed by atoms with E-state index < -0.39 is 0 Å². The van der Waals surface area contributed by atoms with Gasteiger partial charge in [-0.2, -0.15) is 5.70 Å². The van der Waals surface area contributed by atoms with Crippen LogP contribution < -0.4 is 0 Å². The Bertz CT molecular complexity index is 2070. The molecule has 0 saturated heterocycles. The van der Waals surface area contributed by atoms with E-state index in [1.807, 2.05) is 6.08 Å². The minimum atomic E-state index is 0. The molecule has 4 nitrogen and oxygen atoms in total. The minimum Gasteiger partial charge on any atom is -0.685 e. The SMILES string of the molecule is CCC(CC)C(=O)/C=C(\[N-]C1CCCCC1)C(CC)CC.Cc1cc(C)c2c(c1)nc(-c1[c-]c3ccccc3c(C(C)(C)C)c1)c1cc(CC(C)C)oc12.[Ir]. The van der Waals surface area contributed by atoms with Crippen LogP contribution in [0.15, 0.2) is 64.7 Å². The quantitative estimate of drug-likeness (QED) is 0.0925. The van der Waals surface area contributed by atoms with Crippen molar-refractivity contribution in [3.8, 4) is 11.3 Å².